The third kappa shape index (κ3) is 3.65. The first-order chi connectivity index (χ1) is 11.5. The number of ketones is 2. The second-order valence-electron chi connectivity index (χ2n) is 4.55. The minimum atomic E-state index is -0.852. The van der Waals surface area contributed by atoms with Gasteiger partial charge in [-0.05, 0) is 12.2 Å². The molecule has 0 unspecified atom stereocenters. The Kier molecular flexibility index (Phi) is 5.74. The van der Waals surface area contributed by atoms with Crippen LogP contribution >= 0.6 is 11.8 Å². The number of esters is 1. The van der Waals surface area contributed by atoms with E-state index in [0.717, 1.165) is 24.9 Å². The Balaban J connectivity index is 2.02. The fourth-order valence-electron chi connectivity index (χ4n) is 1.90. The molecule has 0 radical (unpaired) electrons. The van der Waals surface area contributed by atoms with Gasteiger partial charge in [0.15, 0.2) is 0 Å². The van der Waals surface area contributed by atoms with Gasteiger partial charge in [0.25, 0.3) is 0 Å². The SMILES string of the molecule is COC(=O)NCCCSC1=CC(=O)c2onc(C(=O)OC)c2C1=O. The Morgan fingerprint density at radius 2 is 2.04 bits per heavy atom. The summed E-state index contributed by atoms with van der Waals surface area (Å²) in [5, 5.41) is 5.95. The number of Topliss-reactive ketones (excluding diaryl/α,β-unsaturated/α-hetero) is 1. The number of fused-ring (bicyclic) bond motifs is 1. The molecule has 1 N–H and O–H groups in total. The summed E-state index contributed by atoms with van der Waals surface area (Å²) < 4.78 is 13.7. The smallest absolute Gasteiger partial charge is 0.406 e. The molecule has 0 aliphatic heterocycles. The summed E-state index contributed by atoms with van der Waals surface area (Å²) in [5.41, 5.74) is -0.492. The molecule has 1 aliphatic rings. The molecule has 0 bridgehead atoms. The topological polar surface area (TPSA) is 125 Å². The molecular formula is C14H14N2O7S. The van der Waals surface area contributed by atoms with Crippen molar-refractivity contribution in [3.05, 3.63) is 28.0 Å². The number of rotatable bonds is 6. The Labute approximate surface area is 140 Å². The number of aromatic nitrogens is 1. The number of nitrogens with one attached hydrogen (secondary N) is 1. The van der Waals surface area contributed by atoms with Crippen molar-refractivity contribution >= 4 is 35.4 Å². The van der Waals surface area contributed by atoms with Crippen molar-refractivity contribution in [1.29, 1.82) is 0 Å². The highest BCUT2D eigenvalue weighted by Gasteiger charge is 2.36. The van der Waals surface area contributed by atoms with E-state index in [1.54, 1.807) is 0 Å². The van der Waals surface area contributed by atoms with Crippen LogP contribution in [0.25, 0.3) is 0 Å². The Morgan fingerprint density at radius 3 is 2.71 bits per heavy atom. The number of ether oxygens (including phenoxy) is 2. The van der Waals surface area contributed by atoms with Crippen molar-refractivity contribution in [3.63, 3.8) is 0 Å². The summed E-state index contributed by atoms with van der Waals surface area (Å²) in [5.74, 6) is -1.70. The maximum atomic E-state index is 12.4. The first-order valence-electron chi connectivity index (χ1n) is 6.83. The van der Waals surface area contributed by atoms with E-state index in [4.69, 9.17) is 4.52 Å². The first-order valence-corrected chi connectivity index (χ1v) is 7.81. The van der Waals surface area contributed by atoms with Crippen LogP contribution in [-0.4, -0.2) is 55.3 Å². The van der Waals surface area contributed by atoms with Crippen LogP contribution < -0.4 is 5.32 Å². The lowest BCUT2D eigenvalue weighted by atomic mass is 10.00. The van der Waals surface area contributed by atoms with Gasteiger partial charge >= 0.3 is 12.1 Å². The van der Waals surface area contributed by atoms with Crippen LogP contribution in [0.15, 0.2) is 15.5 Å². The van der Waals surface area contributed by atoms with Crippen LogP contribution in [0, 0.1) is 0 Å². The van der Waals surface area contributed by atoms with Gasteiger partial charge in [-0.2, -0.15) is 0 Å². The highest BCUT2D eigenvalue weighted by Crippen LogP contribution is 2.30. The minimum absolute atomic E-state index is 0.176. The van der Waals surface area contributed by atoms with E-state index < -0.39 is 23.6 Å². The van der Waals surface area contributed by atoms with Crippen LogP contribution in [-0.2, 0) is 9.47 Å². The monoisotopic (exact) mass is 354 g/mol. The number of alkyl carbamates (subject to hydrolysis) is 1. The zero-order chi connectivity index (χ0) is 17.7. The third-order valence-corrected chi connectivity index (χ3v) is 4.15. The molecule has 0 spiro atoms. The first kappa shape index (κ1) is 17.7. The van der Waals surface area contributed by atoms with Crippen LogP contribution in [0.2, 0.25) is 0 Å². The second-order valence-corrected chi connectivity index (χ2v) is 5.69. The zero-order valence-corrected chi connectivity index (χ0v) is 13.7. The van der Waals surface area contributed by atoms with E-state index in [-0.39, 0.29) is 21.9 Å². The average Bonchev–Trinajstić information content (AvgIpc) is 3.03. The van der Waals surface area contributed by atoms with Crippen LogP contribution in [0.1, 0.15) is 37.8 Å². The van der Waals surface area contributed by atoms with Gasteiger partial charge in [-0.1, -0.05) is 5.16 Å². The van der Waals surface area contributed by atoms with Gasteiger partial charge in [-0.15, -0.1) is 11.8 Å². The van der Waals surface area contributed by atoms with E-state index in [1.165, 1.54) is 7.11 Å². The third-order valence-electron chi connectivity index (χ3n) is 3.04. The van der Waals surface area contributed by atoms with Gasteiger partial charge < -0.3 is 19.3 Å². The minimum Gasteiger partial charge on any atom is -0.464 e. The lowest BCUT2D eigenvalue weighted by Crippen LogP contribution is -2.24. The fraction of sp³-hybridized carbons (Fsp3) is 0.357. The van der Waals surface area contributed by atoms with E-state index >= 15 is 0 Å². The number of carbonyl (C=O) groups is 4. The molecule has 0 fully saturated rings. The van der Waals surface area contributed by atoms with Crippen LogP contribution in [0.4, 0.5) is 4.79 Å². The molecule has 0 saturated heterocycles. The molecule has 1 heterocycles. The zero-order valence-electron chi connectivity index (χ0n) is 12.9. The molecule has 0 aromatic carbocycles. The Hall–Kier alpha value is -2.62. The Bertz CT molecular complexity index is 723. The quantitative estimate of drug-likeness (QED) is 0.592. The molecule has 1 aliphatic carbocycles. The molecule has 1 aromatic rings. The number of hydrogen-bond donors (Lipinski definition) is 1. The van der Waals surface area contributed by atoms with Gasteiger partial charge in [0.05, 0.1) is 19.1 Å². The molecular weight excluding hydrogens is 340 g/mol. The number of thioether (sulfide) groups is 1. The normalized spacial score (nSPS) is 13.2. The molecule has 128 valence electrons. The van der Waals surface area contributed by atoms with E-state index in [1.807, 2.05) is 0 Å². The number of methoxy groups -OCH3 is 2. The molecule has 10 heteroatoms. The molecule has 1 aromatic heterocycles. The van der Waals surface area contributed by atoms with Gasteiger partial charge in [-0.25, -0.2) is 9.59 Å². The van der Waals surface area contributed by atoms with Gasteiger partial charge in [0.1, 0.15) is 5.56 Å². The number of amides is 1. The van der Waals surface area contributed by atoms with Gasteiger partial charge in [0, 0.05) is 12.6 Å². The van der Waals surface area contributed by atoms with Crippen LogP contribution in [0.5, 0.6) is 0 Å². The van der Waals surface area contributed by atoms with Crippen LogP contribution in [0.3, 0.4) is 0 Å². The molecule has 24 heavy (non-hydrogen) atoms. The largest absolute Gasteiger partial charge is 0.464 e. The second kappa shape index (κ2) is 7.77. The fourth-order valence-corrected chi connectivity index (χ4v) is 2.83. The molecule has 0 saturated carbocycles. The summed E-state index contributed by atoms with van der Waals surface area (Å²) in [4.78, 5) is 47.1. The number of nitrogens with zero attached hydrogens (tertiary/aromatic N) is 1. The highest BCUT2D eigenvalue weighted by atomic mass is 32.2. The molecule has 2 rings (SSSR count). The van der Waals surface area contributed by atoms with E-state index in [9.17, 15) is 19.2 Å². The van der Waals surface area contributed by atoms with Gasteiger partial charge in [-0.3, -0.25) is 9.59 Å². The van der Waals surface area contributed by atoms with Crippen molar-refractivity contribution in [3.8, 4) is 0 Å². The standard InChI is InChI=1S/C14H14N2O7S/c1-21-13(19)10-9-11(18)8(6-7(17)12(9)23-16-10)24-5-3-4-15-14(20)22-2/h6H,3-5H2,1-2H3,(H,15,20). The summed E-state index contributed by atoms with van der Waals surface area (Å²) in [6, 6.07) is 0. The summed E-state index contributed by atoms with van der Waals surface area (Å²) in [6.45, 7) is 0.362. The number of carbonyl (C=O) groups excluding carboxylic acids is 4. The number of allylic oxidation sites excluding steroid dienone is 2. The lowest BCUT2D eigenvalue weighted by molar-refractivity contribution is 0.0586. The predicted octanol–water partition coefficient (Wildman–Crippen LogP) is 1.20. The van der Waals surface area contributed by atoms with E-state index in [2.05, 4.69) is 19.9 Å². The van der Waals surface area contributed by atoms with Crippen molar-refractivity contribution in [2.45, 2.75) is 6.42 Å². The summed E-state index contributed by atoms with van der Waals surface area (Å²) in [7, 11) is 2.40. The number of hydrogen-bond acceptors (Lipinski definition) is 9. The Morgan fingerprint density at radius 1 is 1.29 bits per heavy atom. The van der Waals surface area contributed by atoms with Crippen molar-refractivity contribution < 1.29 is 33.2 Å². The molecule has 1 amide bonds. The van der Waals surface area contributed by atoms with Crippen molar-refractivity contribution in [2.75, 3.05) is 26.5 Å². The van der Waals surface area contributed by atoms with Crippen molar-refractivity contribution in [2.24, 2.45) is 0 Å². The maximum Gasteiger partial charge on any atom is 0.406 e. The summed E-state index contributed by atoms with van der Waals surface area (Å²) >= 11 is 1.14. The highest BCUT2D eigenvalue weighted by molar-refractivity contribution is 8.04. The average molecular weight is 354 g/mol. The van der Waals surface area contributed by atoms with E-state index in [0.29, 0.717) is 18.7 Å². The predicted molar refractivity (Wildman–Crippen MR) is 82.1 cm³/mol. The van der Waals surface area contributed by atoms with Gasteiger partial charge in [0.2, 0.25) is 23.0 Å². The van der Waals surface area contributed by atoms with Crippen molar-refractivity contribution in [1.82, 2.24) is 10.5 Å². The summed E-state index contributed by atoms with van der Waals surface area (Å²) in [6.07, 6.45) is 1.16. The lowest BCUT2D eigenvalue weighted by Gasteiger charge is -2.10. The molecule has 9 nitrogen and oxygen atoms in total. The maximum absolute atomic E-state index is 12.4. The molecule has 0 atom stereocenters.